The van der Waals surface area contributed by atoms with Gasteiger partial charge in [-0.1, -0.05) is 51.2 Å². The first kappa shape index (κ1) is 34.2. The molecule has 244 valence electrons. The number of Topliss-reactive ketones (excluding diaryl/α,β-unsaturated/α-hetero) is 1. The minimum Gasteiger partial charge on any atom is -0.493 e. The molecule has 2 N–H and O–H groups in total. The van der Waals surface area contributed by atoms with Crippen LogP contribution < -0.4 is 14.2 Å². The fourth-order valence-corrected chi connectivity index (χ4v) is 5.53. The van der Waals surface area contributed by atoms with E-state index in [0.717, 1.165) is 62.7 Å². The number of hydrogen-bond donors (Lipinski definition) is 2. The van der Waals surface area contributed by atoms with Crippen LogP contribution in [0.4, 0.5) is 0 Å². The molecule has 4 rings (SSSR count). The molecule has 0 amide bonds. The van der Waals surface area contributed by atoms with Crippen molar-refractivity contribution in [1.82, 2.24) is 0 Å². The van der Waals surface area contributed by atoms with E-state index in [4.69, 9.17) is 14.2 Å². The number of carboxylic acid groups (broad SMARTS) is 2. The van der Waals surface area contributed by atoms with Gasteiger partial charge in [-0.3, -0.25) is 14.4 Å². The van der Waals surface area contributed by atoms with Gasteiger partial charge in [0.1, 0.15) is 17.2 Å². The van der Waals surface area contributed by atoms with Gasteiger partial charge in [0.25, 0.3) is 0 Å². The third kappa shape index (κ3) is 9.42. The van der Waals surface area contributed by atoms with Crippen LogP contribution in [0, 0.1) is 0 Å². The number of fused-ring (bicyclic) bond motifs is 1. The summed E-state index contributed by atoms with van der Waals surface area (Å²) in [4.78, 5) is 47.8. The summed E-state index contributed by atoms with van der Waals surface area (Å²) in [6, 6.07) is 14.5. The molecule has 3 aromatic carbocycles. The van der Waals surface area contributed by atoms with E-state index in [9.17, 15) is 29.4 Å². The van der Waals surface area contributed by atoms with Gasteiger partial charge >= 0.3 is 11.9 Å². The van der Waals surface area contributed by atoms with Crippen LogP contribution in [0.2, 0.25) is 0 Å². The van der Waals surface area contributed by atoms with Gasteiger partial charge in [0.15, 0.2) is 11.6 Å². The summed E-state index contributed by atoms with van der Waals surface area (Å²) in [5.74, 6) is -0.231. The number of aromatic carboxylic acids is 1. The summed E-state index contributed by atoms with van der Waals surface area (Å²) < 4.78 is 17.9. The number of unbranched alkanes of at least 4 members (excludes halogenated alkanes) is 5. The SMILES string of the molecule is CCCc1c(OCCCCCCCCOc2ccc(C(=O)c3cccc(C(=O)O)c3)cc2CCC(=O)O)ccc2c1OCCC2=O. The summed E-state index contributed by atoms with van der Waals surface area (Å²) in [5.41, 5.74) is 2.89. The molecule has 9 nitrogen and oxygen atoms in total. The van der Waals surface area contributed by atoms with Gasteiger partial charge in [0.2, 0.25) is 0 Å². The molecule has 0 aromatic heterocycles. The average Bonchev–Trinajstić information content (AvgIpc) is 3.05. The normalized spacial score (nSPS) is 12.2. The van der Waals surface area contributed by atoms with Gasteiger partial charge < -0.3 is 24.4 Å². The first-order valence-electron chi connectivity index (χ1n) is 16.1. The highest BCUT2D eigenvalue weighted by Gasteiger charge is 2.24. The molecular formula is C37H42O9. The van der Waals surface area contributed by atoms with Crippen LogP contribution >= 0.6 is 0 Å². The highest BCUT2D eigenvalue weighted by Crippen LogP contribution is 2.36. The number of benzene rings is 3. The fourth-order valence-electron chi connectivity index (χ4n) is 5.53. The smallest absolute Gasteiger partial charge is 0.335 e. The summed E-state index contributed by atoms with van der Waals surface area (Å²) in [5, 5.41) is 18.5. The van der Waals surface area contributed by atoms with Gasteiger partial charge in [0.05, 0.1) is 30.9 Å². The Hall–Kier alpha value is -4.66. The predicted octanol–water partition coefficient (Wildman–Crippen LogP) is 7.35. The maximum Gasteiger partial charge on any atom is 0.335 e. The zero-order valence-electron chi connectivity index (χ0n) is 26.3. The quantitative estimate of drug-likeness (QED) is 0.103. The number of carbonyl (C=O) groups excluding carboxylic acids is 2. The molecule has 0 atom stereocenters. The van der Waals surface area contributed by atoms with Gasteiger partial charge in [-0.15, -0.1) is 0 Å². The highest BCUT2D eigenvalue weighted by molar-refractivity contribution is 6.10. The summed E-state index contributed by atoms with van der Waals surface area (Å²) in [6.45, 7) is 3.60. The van der Waals surface area contributed by atoms with Crippen molar-refractivity contribution in [2.45, 2.75) is 77.6 Å². The standard InChI is InChI=1S/C37H42O9/c1-2-10-30-33(17-15-29-31(38)19-22-46-36(29)30)45-21-8-6-4-3-5-7-20-44-32-16-13-27(23-25(32)14-18-34(39)40)35(41)26-11-9-12-28(24-26)37(42)43/h9,11-13,15-17,23-24H,2-8,10,14,18-22H2,1H3,(H,39,40)(H,42,43). The lowest BCUT2D eigenvalue weighted by atomic mass is 9.98. The lowest BCUT2D eigenvalue weighted by Crippen LogP contribution is -2.17. The zero-order valence-corrected chi connectivity index (χ0v) is 26.3. The largest absolute Gasteiger partial charge is 0.493 e. The number of aryl methyl sites for hydroxylation is 1. The zero-order chi connectivity index (χ0) is 32.9. The van der Waals surface area contributed by atoms with E-state index in [1.54, 1.807) is 24.3 Å². The molecule has 3 aromatic rings. The highest BCUT2D eigenvalue weighted by atomic mass is 16.5. The second-order valence-corrected chi connectivity index (χ2v) is 11.4. The summed E-state index contributed by atoms with van der Waals surface area (Å²) in [7, 11) is 0. The monoisotopic (exact) mass is 630 g/mol. The molecule has 0 spiro atoms. The topological polar surface area (TPSA) is 136 Å². The van der Waals surface area contributed by atoms with Crippen molar-refractivity contribution >= 4 is 23.5 Å². The van der Waals surface area contributed by atoms with Crippen molar-refractivity contribution < 1.29 is 43.6 Å². The van der Waals surface area contributed by atoms with Crippen LogP contribution in [0.5, 0.6) is 17.2 Å². The van der Waals surface area contributed by atoms with Crippen molar-refractivity contribution in [3.8, 4) is 17.2 Å². The van der Waals surface area contributed by atoms with E-state index in [1.165, 1.54) is 18.2 Å². The van der Waals surface area contributed by atoms with E-state index in [1.807, 2.05) is 12.1 Å². The molecule has 0 radical (unpaired) electrons. The van der Waals surface area contributed by atoms with E-state index in [2.05, 4.69) is 6.92 Å². The molecule has 1 heterocycles. The van der Waals surface area contributed by atoms with Crippen molar-refractivity contribution in [3.63, 3.8) is 0 Å². The van der Waals surface area contributed by atoms with Crippen LogP contribution in [0.25, 0.3) is 0 Å². The number of aliphatic carboxylic acids is 1. The van der Waals surface area contributed by atoms with Gasteiger partial charge in [-0.2, -0.15) is 0 Å². The van der Waals surface area contributed by atoms with E-state index >= 15 is 0 Å². The van der Waals surface area contributed by atoms with Crippen LogP contribution in [0.3, 0.4) is 0 Å². The predicted molar refractivity (Wildman–Crippen MR) is 173 cm³/mol. The third-order valence-electron chi connectivity index (χ3n) is 7.95. The van der Waals surface area contributed by atoms with E-state index in [0.29, 0.717) is 54.4 Å². The molecule has 0 saturated carbocycles. The number of carbonyl (C=O) groups is 4. The van der Waals surface area contributed by atoms with E-state index in [-0.39, 0.29) is 35.5 Å². The van der Waals surface area contributed by atoms with Gasteiger partial charge in [-0.25, -0.2) is 4.79 Å². The molecular weight excluding hydrogens is 588 g/mol. The Morgan fingerprint density at radius 2 is 1.43 bits per heavy atom. The van der Waals surface area contributed by atoms with Crippen LogP contribution in [0.1, 0.15) is 112 Å². The molecule has 1 aliphatic rings. The van der Waals surface area contributed by atoms with Crippen molar-refractivity contribution in [3.05, 3.63) is 88.0 Å². The molecule has 0 fully saturated rings. The minimum absolute atomic E-state index is 0.0199. The summed E-state index contributed by atoms with van der Waals surface area (Å²) in [6.07, 6.45) is 8.17. The number of rotatable bonds is 19. The Morgan fingerprint density at radius 1 is 0.783 bits per heavy atom. The van der Waals surface area contributed by atoms with Crippen molar-refractivity contribution in [1.29, 1.82) is 0 Å². The second kappa shape index (κ2) is 17.1. The van der Waals surface area contributed by atoms with E-state index < -0.39 is 11.9 Å². The Morgan fingerprint density at radius 3 is 2.13 bits per heavy atom. The number of carboxylic acids is 2. The molecule has 9 heteroatoms. The Kier molecular flexibility index (Phi) is 12.8. The Balaban J connectivity index is 1.20. The van der Waals surface area contributed by atoms with Crippen LogP contribution in [-0.2, 0) is 17.6 Å². The second-order valence-electron chi connectivity index (χ2n) is 11.4. The number of ether oxygens (including phenoxy) is 3. The molecule has 1 aliphatic heterocycles. The number of hydrogen-bond acceptors (Lipinski definition) is 7. The number of ketones is 2. The van der Waals surface area contributed by atoms with Crippen molar-refractivity contribution in [2.24, 2.45) is 0 Å². The van der Waals surface area contributed by atoms with Crippen LogP contribution in [0.15, 0.2) is 54.6 Å². The minimum atomic E-state index is -1.12. The maximum atomic E-state index is 13.1. The first-order valence-corrected chi connectivity index (χ1v) is 16.1. The van der Waals surface area contributed by atoms with Gasteiger partial charge in [0, 0.05) is 29.5 Å². The molecule has 0 aliphatic carbocycles. The molecule has 46 heavy (non-hydrogen) atoms. The first-order chi connectivity index (χ1) is 22.3. The van der Waals surface area contributed by atoms with Gasteiger partial charge in [-0.05, 0) is 73.7 Å². The third-order valence-corrected chi connectivity index (χ3v) is 7.95. The molecule has 0 bridgehead atoms. The fraction of sp³-hybridized carbons (Fsp3) is 0.405. The average molecular weight is 631 g/mol. The summed E-state index contributed by atoms with van der Waals surface area (Å²) >= 11 is 0. The maximum absolute atomic E-state index is 13.1. The Labute approximate surface area is 269 Å². The Bertz CT molecular complexity index is 1540. The molecule has 0 saturated heterocycles. The lowest BCUT2D eigenvalue weighted by Gasteiger charge is -2.22. The molecule has 0 unspecified atom stereocenters. The van der Waals surface area contributed by atoms with Crippen molar-refractivity contribution in [2.75, 3.05) is 19.8 Å². The lowest BCUT2D eigenvalue weighted by molar-refractivity contribution is -0.136. The van der Waals surface area contributed by atoms with Crippen LogP contribution in [-0.4, -0.2) is 53.5 Å².